The molecule has 1 heterocycles. The molecule has 0 atom stereocenters. The Balaban J connectivity index is 1.82. The first kappa shape index (κ1) is 23.7. The molecule has 1 fully saturated rings. The van der Waals surface area contributed by atoms with Crippen LogP contribution in [0.15, 0.2) is 47.6 Å². The number of fused-ring (bicyclic) bond motifs is 1. The summed E-state index contributed by atoms with van der Waals surface area (Å²) in [6.07, 6.45) is 4.86. The average molecular weight is 463 g/mol. The predicted molar refractivity (Wildman–Crippen MR) is 138 cm³/mol. The zero-order valence-corrected chi connectivity index (χ0v) is 20.7. The van der Waals surface area contributed by atoms with Crippen LogP contribution in [-0.4, -0.2) is 48.7 Å². The van der Waals surface area contributed by atoms with E-state index in [1.807, 2.05) is 71.4 Å². The van der Waals surface area contributed by atoms with Crippen molar-refractivity contribution in [2.45, 2.75) is 52.2 Å². The minimum Gasteiger partial charge on any atom is -0.494 e. The SMILES string of the molecule is CCOc1ccc2c(C=NN(C)C)c(-c3ccc(NC(=O)OC(C)C)cc3)n(C3CCC3)c2c1. The molecular formula is C27H34N4O3. The van der Waals surface area contributed by atoms with Crippen LogP contribution in [0.3, 0.4) is 0 Å². The summed E-state index contributed by atoms with van der Waals surface area (Å²) in [5.74, 6) is 0.874. The summed E-state index contributed by atoms with van der Waals surface area (Å²) in [4.78, 5) is 12.0. The fourth-order valence-electron chi connectivity index (χ4n) is 4.27. The molecule has 180 valence electrons. The van der Waals surface area contributed by atoms with Crippen LogP contribution in [0.2, 0.25) is 0 Å². The second-order valence-corrected chi connectivity index (χ2v) is 9.08. The minimum atomic E-state index is -0.450. The first-order valence-corrected chi connectivity index (χ1v) is 12.0. The number of nitrogens with one attached hydrogen (secondary N) is 1. The number of amides is 1. The van der Waals surface area contributed by atoms with Gasteiger partial charge in [0, 0.05) is 42.8 Å². The molecule has 0 aliphatic heterocycles. The van der Waals surface area contributed by atoms with Crippen LogP contribution in [0.5, 0.6) is 5.75 Å². The zero-order chi connectivity index (χ0) is 24.2. The van der Waals surface area contributed by atoms with E-state index >= 15 is 0 Å². The van der Waals surface area contributed by atoms with Crippen LogP contribution in [0.25, 0.3) is 22.2 Å². The fraction of sp³-hybridized carbons (Fsp3) is 0.407. The van der Waals surface area contributed by atoms with Gasteiger partial charge in [-0.3, -0.25) is 5.32 Å². The lowest BCUT2D eigenvalue weighted by molar-refractivity contribution is 0.130. The summed E-state index contributed by atoms with van der Waals surface area (Å²) >= 11 is 0. The smallest absolute Gasteiger partial charge is 0.411 e. The van der Waals surface area contributed by atoms with Gasteiger partial charge in [0.15, 0.2) is 0 Å². The lowest BCUT2D eigenvalue weighted by Gasteiger charge is -2.30. The van der Waals surface area contributed by atoms with Crippen molar-refractivity contribution in [3.05, 3.63) is 48.0 Å². The Bertz CT molecular complexity index is 1170. The molecule has 0 unspecified atom stereocenters. The summed E-state index contributed by atoms with van der Waals surface area (Å²) in [7, 11) is 3.84. The largest absolute Gasteiger partial charge is 0.494 e. The van der Waals surface area contributed by atoms with Crippen LogP contribution >= 0.6 is 0 Å². The second-order valence-electron chi connectivity index (χ2n) is 9.08. The standard InChI is InChI=1S/C27H34N4O3/c1-6-33-22-14-15-23-24(17-28-30(4)5)26(31(25(23)16-22)21-8-7-9-21)19-10-12-20(13-11-19)29-27(32)34-18(2)3/h10-18,21H,6-9H2,1-5H3,(H,29,32). The molecule has 1 N–H and O–H groups in total. The Morgan fingerprint density at radius 1 is 1.21 bits per heavy atom. The van der Waals surface area contributed by atoms with E-state index in [2.05, 4.69) is 27.1 Å². The number of benzene rings is 2. The van der Waals surface area contributed by atoms with Crippen molar-refractivity contribution in [3.63, 3.8) is 0 Å². The number of nitrogens with zero attached hydrogens (tertiary/aromatic N) is 3. The Hall–Kier alpha value is -3.48. The van der Waals surface area contributed by atoms with E-state index in [0.717, 1.165) is 46.3 Å². The molecule has 7 heteroatoms. The first-order chi connectivity index (χ1) is 16.4. The van der Waals surface area contributed by atoms with Crippen molar-refractivity contribution in [1.29, 1.82) is 0 Å². The van der Waals surface area contributed by atoms with Gasteiger partial charge >= 0.3 is 6.09 Å². The van der Waals surface area contributed by atoms with Gasteiger partial charge in [0.05, 0.1) is 30.1 Å². The van der Waals surface area contributed by atoms with Crippen molar-refractivity contribution in [1.82, 2.24) is 9.58 Å². The van der Waals surface area contributed by atoms with Gasteiger partial charge in [0.1, 0.15) is 5.75 Å². The van der Waals surface area contributed by atoms with E-state index in [4.69, 9.17) is 9.47 Å². The van der Waals surface area contributed by atoms with Crippen molar-refractivity contribution in [3.8, 4) is 17.0 Å². The number of carbonyl (C=O) groups is 1. The van der Waals surface area contributed by atoms with Crippen molar-refractivity contribution >= 4 is 28.9 Å². The number of hydrogen-bond donors (Lipinski definition) is 1. The third-order valence-corrected chi connectivity index (χ3v) is 5.93. The highest BCUT2D eigenvalue weighted by atomic mass is 16.6. The van der Waals surface area contributed by atoms with E-state index in [0.29, 0.717) is 18.3 Å². The minimum absolute atomic E-state index is 0.169. The summed E-state index contributed by atoms with van der Waals surface area (Å²) in [6, 6.07) is 14.7. The van der Waals surface area contributed by atoms with Crippen molar-refractivity contribution < 1.29 is 14.3 Å². The lowest BCUT2D eigenvalue weighted by atomic mass is 9.92. The summed E-state index contributed by atoms with van der Waals surface area (Å²) in [5.41, 5.74) is 5.15. The molecule has 0 saturated heterocycles. The molecule has 2 aromatic carbocycles. The van der Waals surface area contributed by atoms with Gasteiger partial charge in [-0.15, -0.1) is 0 Å². The molecule has 1 aromatic heterocycles. The van der Waals surface area contributed by atoms with Gasteiger partial charge < -0.3 is 19.0 Å². The molecular weight excluding hydrogens is 428 g/mol. The van der Waals surface area contributed by atoms with Gasteiger partial charge in [0.25, 0.3) is 0 Å². The maximum Gasteiger partial charge on any atom is 0.411 e. The third-order valence-electron chi connectivity index (χ3n) is 5.93. The Kier molecular flexibility index (Phi) is 7.10. The van der Waals surface area contributed by atoms with Crippen LogP contribution in [0.1, 0.15) is 51.6 Å². The highest BCUT2D eigenvalue weighted by Gasteiger charge is 2.27. The molecule has 0 radical (unpaired) electrons. The van der Waals surface area contributed by atoms with Crippen LogP contribution in [-0.2, 0) is 4.74 Å². The highest BCUT2D eigenvalue weighted by molar-refractivity contribution is 6.07. The molecule has 4 rings (SSSR count). The van der Waals surface area contributed by atoms with E-state index in [1.165, 1.54) is 6.42 Å². The van der Waals surface area contributed by atoms with E-state index in [1.54, 1.807) is 5.01 Å². The van der Waals surface area contributed by atoms with E-state index < -0.39 is 6.09 Å². The van der Waals surface area contributed by atoms with Gasteiger partial charge in [-0.25, -0.2) is 4.79 Å². The number of anilines is 1. The van der Waals surface area contributed by atoms with Crippen LogP contribution < -0.4 is 10.1 Å². The first-order valence-electron chi connectivity index (χ1n) is 12.0. The molecule has 1 amide bonds. The maximum atomic E-state index is 12.0. The molecule has 0 bridgehead atoms. The number of hydrogen-bond acceptors (Lipinski definition) is 5. The molecule has 3 aromatic rings. The van der Waals surface area contributed by atoms with Gasteiger partial charge in [-0.05, 0) is 69.9 Å². The van der Waals surface area contributed by atoms with E-state index in [-0.39, 0.29) is 6.10 Å². The van der Waals surface area contributed by atoms with Crippen LogP contribution in [0, 0.1) is 0 Å². The second kappa shape index (κ2) is 10.2. The maximum absolute atomic E-state index is 12.0. The molecule has 0 spiro atoms. The predicted octanol–water partition coefficient (Wildman–Crippen LogP) is 6.28. The number of rotatable bonds is 8. The molecule has 34 heavy (non-hydrogen) atoms. The summed E-state index contributed by atoms with van der Waals surface area (Å²) in [6.45, 7) is 6.29. The topological polar surface area (TPSA) is 68.1 Å². The molecule has 1 aliphatic carbocycles. The zero-order valence-electron chi connectivity index (χ0n) is 20.7. The number of aromatic nitrogens is 1. The van der Waals surface area contributed by atoms with Gasteiger partial charge in [-0.2, -0.15) is 5.10 Å². The summed E-state index contributed by atoms with van der Waals surface area (Å²) < 4.78 is 13.5. The monoisotopic (exact) mass is 462 g/mol. The Morgan fingerprint density at radius 2 is 1.94 bits per heavy atom. The summed E-state index contributed by atoms with van der Waals surface area (Å²) in [5, 5.41) is 10.3. The van der Waals surface area contributed by atoms with E-state index in [9.17, 15) is 4.79 Å². The molecule has 1 saturated carbocycles. The Labute approximate surface area is 201 Å². The van der Waals surface area contributed by atoms with Crippen molar-refractivity contribution in [2.24, 2.45) is 5.10 Å². The van der Waals surface area contributed by atoms with Crippen molar-refractivity contribution in [2.75, 3.05) is 26.0 Å². The number of carbonyl (C=O) groups excluding carboxylic acids is 1. The Morgan fingerprint density at radius 3 is 2.53 bits per heavy atom. The van der Waals surface area contributed by atoms with Gasteiger partial charge in [0.2, 0.25) is 0 Å². The van der Waals surface area contributed by atoms with Crippen LogP contribution in [0.4, 0.5) is 10.5 Å². The third kappa shape index (κ3) is 5.03. The number of ether oxygens (including phenoxy) is 2. The molecule has 7 nitrogen and oxygen atoms in total. The lowest BCUT2D eigenvalue weighted by Crippen LogP contribution is -2.18. The average Bonchev–Trinajstić information content (AvgIpc) is 3.04. The number of hydrazone groups is 1. The highest BCUT2D eigenvalue weighted by Crippen LogP contribution is 2.43. The fourth-order valence-corrected chi connectivity index (χ4v) is 4.27. The van der Waals surface area contributed by atoms with Gasteiger partial charge in [-0.1, -0.05) is 12.1 Å². The normalized spacial score (nSPS) is 13.9. The quantitative estimate of drug-likeness (QED) is 0.316. The molecule has 1 aliphatic rings.